The van der Waals surface area contributed by atoms with Gasteiger partial charge in [-0.1, -0.05) is 20.8 Å². The van der Waals surface area contributed by atoms with Crippen LogP contribution in [0.4, 0.5) is 0 Å². The number of methoxy groups -OCH3 is 1. The highest BCUT2D eigenvalue weighted by atomic mass is 16.5. The van der Waals surface area contributed by atoms with Gasteiger partial charge in [-0.2, -0.15) is 0 Å². The first-order chi connectivity index (χ1) is 14.1. The van der Waals surface area contributed by atoms with Crippen molar-refractivity contribution in [2.45, 2.75) is 96.9 Å². The molecule has 5 heteroatoms. The Morgan fingerprint density at radius 2 is 1.80 bits per heavy atom. The van der Waals surface area contributed by atoms with Gasteiger partial charge >= 0.3 is 5.97 Å². The summed E-state index contributed by atoms with van der Waals surface area (Å²) in [5.41, 5.74) is -0.0882. The summed E-state index contributed by atoms with van der Waals surface area (Å²) in [7, 11) is 1.44. The van der Waals surface area contributed by atoms with Crippen LogP contribution < -0.4 is 0 Å². The molecule has 0 aromatic carbocycles. The fourth-order valence-corrected chi connectivity index (χ4v) is 8.78. The van der Waals surface area contributed by atoms with E-state index < -0.39 is 0 Å². The van der Waals surface area contributed by atoms with Gasteiger partial charge in [0.2, 0.25) is 0 Å². The van der Waals surface area contributed by atoms with Gasteiger partial charge in [0.25, 0.3) is 0 Å². The minimum Gasteiger partial charge on any atom is -0.469 e. The van der Waals surface area contributed by atoms with Crippen LogP contribution in [0, 0.1) is 46.3 Å². The van der Waals surface area contributed by atoms with Gasteiger partial charge in [0.1, 0.15) is 0 Å². The molecule has 4 aliphatic rings. The molecule has 0 bridgehead atoms. The topological polar surface area (TPSA) is 87.0 Å². The Bertz CT molecular complexity index is 651. The van der Waals surface area contributed by atoms with Crippen molar-refractivity contribution >= 4 is 5.97 Å². The number of fused-ring (bicyclic) bond motifs is 5. The average molecular weight is 423 g/mol. The summed E-state index contributed by atoms with van der Waals surface area (Å²) in [4.78, 5) is 11.7. The van der Waals surface area contributed by atoms with E-state index in [0.717, 1.165) is 51.4 Å². The van der Waals surface area contributed by atoms with Crippen LogP contribution in [0.5, 0.6) is 0 Å². The molecule has 4 aliphatic carbocycles. The van der Waals surface area contributed by atoms with Crippen LogP contribution in [0.25, 0.3) is 0 Å². The monoisotopic (exact) mass is 422 g/mol. The minimum absolute atomic E-state index is 0.111. The van der Waals surface area contributed by atoms with Gasteiger partial charge in [0.05, 0.1) is 25.4 Å². The van der Waals surface area contributed by atoms with Gasteiger partial charge in [-0.3, -0.25) is 4.79 Å². The molecule has 0 aliphatic heterocycles. The maximum absolute atomic E-state index is 11.7. The molecule has 4 rings (SSSR count). The van der Waals surface area contributed by atoms with E-state index in [2.05, 4.69) is 20.8 Å². The number of esters is 1. The zero-order valence-corrected chi connectivity index (χ0v) is 19.2. The smallest absolute Gasteiger partial charge is 0.305 e. The van der Waals surface area contributed by atoms with Crippen molar-refractivity contribution in [1.29, 1.82) is 0 Å². The summed E-state index contributed by atoms with van der Waals surface area (Å²) >= 11 is 0. The van der Waals surface area contributed by atoms with Crippen molar-refractivity contribution in [2.75, 3.05) is 7.11 Å². The summed E-state index contributed by atoms with van der Waals surface area (Å²) < 4.78 is 4.83. The second kappa shape index (κ2) is 8.04. The quantitative estimate of drug-likeness (QED) is 0.603. The standard InChI is InChI=1S/C25H42O5/c1-14(5-8-22(29)30-4)17-6-7-18-23-19(13-21(28)25(17,18)3)24(2)10-9-16(26)11-15(24)12-20(23)27/h14-21,23,26-28H,5-13H2,1-4H3/t14-,15-,16+,17-,18+,19+,20+,21+,23+,24+,25-/m1/s1. The van der Waals surface area contributed by atoms with Gasteiger partial charge in [0, 0.05) is 6.42 Å². The van der Waals surface area contributed by atoms with E-state index in [1.807, 2.05) is 0 Å². The normalized spacial score (nSPS) is 51.4. The van der Waals surface area contributed by atoms with E-state index in [1.165, 1.54) is 7.11 Å². The lowest BCUT2D eigenvalue weighted by Gasteiger charge is -2.63. The predicted molar refractivity (Wildman–Crippen MR) is 114 cm³/mol. The van der Waals surface area contributed by atoms with Gasteiger partial charge in [-0.05, 0) is 97.7 Å². The number of hydrogen-bond donors (Lipinski definition) is 3. The predicted octanol–water partition coefficient (Wildman–Crippen LogP) is 3.54. The van der Waals surface area contributed by atoms with Gasteiger partial charge in [0.15, 0.2) is 0 Å². The zero-order valence-electron chi connectivity index (χ0n) is 19.2. The Morgan fingerprint density at radius 3 is 2.50 bits per heavy atom. The van der Waals surface area contributed by atoms with E-state index in [1.54, 1.807) is 0 Å². The highest BCUT2D eigenvalue weighted by Gasteiger charge is 2.65. The largest absolute Gasteiger partial charge is 0.469 e. The van der Waals surface area contributed by atoms with Crippen molar-refractivity contribution in [2.24, 2.45) is 46.3 Å². The lowest BCUT2D eigenvalue weighted by molar-refractivity contribution is -0.207. The van der Waals surface area contributed by atoms with Crippen LogP contribution in [-0.4, -0.2) is 46.7 Å². The SMILES string of the molecule is COC(=O)CC[C@@H](C)[C@H]1CC[C@H]2[C@@H]3[C@@H](O)C[C@H]4C[C@@H](O)CC[C@]4(C)[C@H]3C[C@H](O)[C@]12C. The molecule has 3 N–H and O–H groups in total. The molecule has 5 nitrogen and oxygen atoms in total. The number of hydrogen-bond acceptors (Lipinski definition) is 5. The van der Waals surface area contributed by atoms with E-state index >= 15 is 0 Å². The highest BCUT2D eigenvalue weighted by Crippen LogP contribution is 2.68. The molecular formula is C25H42O5. The van der Waals surface area contributed by atoms with Crippen molar-refractivity contribution in [1.82, 2.24) is 0 Å². The van der Waals surface area contributed by atoms with Crippen molar-refractivity contribution in [3.63, 3.8) is 0 Å². The van der Waals surface area contributed by atoms with Crippen molar-refractivity contribution < 1.29 is 24.9 Å². The number of aliphatic hydroxyl groups excluding tert-OH is 3. The van der Waals surface area contributed by atoms with Crippen molar-refractivity contribution in [3.8, 4) is 0 Å². The third-order valence-corrected chi connectivity index (χ3v) is 10.6. The molecule has 0 radical (unpaired) electrons. The first-order valence-electron chi connectivity index (χ1n) is 12.2. The van der Waals surface area contributed by atoms with E-state index in [-0.39, 0.29) is 41.0 Å². The first-order valence-corrected chi connectivity index (χ1v) is 12.2. The van der Waals surface area contributed by atoms with Crippen LogP contribution >= 0.6 is 0 Å². The number of rotatable bonds is 4. The average Bonchev–Trinajstić information content (AvgIpc) is 3.06. The molecule has 4 fully saturated rings. The van der Waals surface area contributed by atoms with Crippen LogP contribution in [0.2, 0.25) is 0 Å². The van der Waals surface area contributed by atoms with E-state index in [0.29, 0.717) is 36.0 Å². The molecule has 30 heavy (non-hydrogen) atoms. The Kier molecular flexibility index (Phi) is 6.04. The lowest BCUT2D eigenvalue weighted by atomic mass is 9.43. The second-order valence-corrected chi connectivity index (χ2v) is 11.6. The van der Waals surface area contributed by atoms with Crippen LogP contribution in [-0.2, 0) is 9.53 Å². The number of carbonyl (C=O) groups excluding carboxylic acids is 1. The summed E-state index contributed by atoms with van der Waals surface area (Å²) in [6.07, 6.45) is 6.60. The summed E-state index contributed by atoms with van der Waals surface area (Å²) in [5.74, 6) is 1.81. The van der Waals surface area contributed by atoms with Crippen molar-refractivity contribution in [3.05, 3.63) is 0 Å². The Morgan fingerprint density at radius 1 is 1.07 bits per heavy atom. The fraction of sp³-hybridized carbons (Fsp3) is 0.960. The molecule has 172 valence electrons. The first kappa shape index (κ1) is 22.5. The van der Waals surface area contributed by atoms with E-state index in [9.17, 15) is 20.1 Å². The number of ether oxygens (including phenoxy) is 1. The fourth-order valence-electron chi connectivity index (χ4n) is 8.78. The Hall–Kier alpha value is -0.650. The molecule has 0 amide bonds. The minimum atomic E-state index is -0.369. The summed E-state index contributed by atoms with van der Waals surface area (Å²) in [6.45, 7) is 6.85. The molecule has 0 heterocycles. The van der Waals surface area contributed by atoms with Gasteiger partial charge in [-0.25, -0.2) is 0 Å². The molecule has 0 aromatic rings. The van der Waals surface area contributed by atoms with Gasteiger partial charge < -0.3 is 20.1 Å². The second-order valence-electron chi connectivity index (χ2n) is 11.6. The van der Waals surface area contributed by atoms with Crippen LogP contribution in [0.3, 0.4) is 0 Å². The van der Waals surface area contributed by atoms with E-state index in [4.69, 9.17) is 4.74 Å². The Labute approximate surface area is 181 Å². The van der Waals surface area contributed by atoms with Crippen LogP contribution in [0.15, 0.2) is 0 Å². The van der Waals surface area contributed by atoms with Gasteiger partial charge in [-0.15, -0.1) is 0 Å². The maximum Gasteiger partial charge on any atom is 0.305 e. The third kappa shape index (κ3) is 3.34. The molecule has 0 saturated heterocycles. The number of carbonyl (C=O) groups is 1. The molecule has 0 aromatic heterocycles. The molecule has 0 unspecified atom stereocenters. The Balaban J connectivity index is 1.58. The molecule has 0 spiro atoms. The zero-order chi connectivity index (χ0) is 21.8. The highest BCUT2D eigenvalue weighted by molar-refractivity contribution is 5.69. The molecule has 11 atom stereocenters. The number of aliphatic hydroxyl groups is 3. The summed E-state index contributed by atoms with van der Waals surface area (Å²) in [5, 5.41) is 33.1. The third-order valence-electron chi connectivity index (χ3n) is 10.6. The lowest BCUT2D eigenvalue weighted by Crippen LogP contribution is -2.62. The summed E-state index contributed by atoms with van der Waals surface area (Å²) in [6, 6.07) is 0. The maximum atomic E-state index is 11.7. The molecule has 4 saturated carbocycles. The molecular weight excluding hydrogens is 380 g/mol. The van der Waals surface area contributed by atoms with Crippen LogP contribution in [0.1, 0.15) is 78.6 Å².